The third-order valence-electron chi connectivity index (χ3n) is 3.89. The van der Waals surface area contributed by atoms with Crippen LogP contribution in [0.2, 0.25) is 0 Å². The maximum Gasteiger partial charge on any atom is 0.0998 e. The van der Waals surface area contributed by atoms with Crippen LogP contribution in [0.5, 0.6) is 0 Å². The molecule has 0 aromatic rings. The van der Waals surface area contributed by atoms with Gasteiger partial charge in [-0.05, 0) is 19.3 Å². The highest BCUT2D eigenvalue weighted by Crippen LogP contribution is 2.29. The van der Waals surface area contributed by atoms with E-state index in [1.807, 2.05) is 0 Å². The first-order chi connectivity index (χ1) is 7.42. The second-order valence-corrected chi connectivity index (χ2v) is 5.06. The zero-order valence-corrected chi connectivity index (χ0v) is 10.1. The molecule has 2 aliphatic rings. The van der Waals surface area contributed by atoms with Gasteiger partial charge in [-0.3, -0.25) is 4.90 Å². The van der Waals surface area contributed by atoms with Crippen molar-refractivity contribution in [3.8, 4) is 0 Å². The minimum absolute atomic E-state index is 0.558. The number of hydrogen-bond donors (Lipinski definition) is 0. The van der Waals surface area contributed by atoms with Crippen LogP contribution in [0.4, 0.5) is 0 Å². The van der Waals surface area contributed by atoms with Crippen LogP contribution < -0.4 is 0 Å². The van der Waals surface area contributed by atoms with Crippen LogP contribution in [0.1, 0.15) is 58.3 Å². The molecule has 0 radical (unpaired) electrons. The molecule has 2 heterocycles. The number of ether oxygens (including phenoxy) is 1. The molecule has 2 atom stereocenters. The molecular formula is C13H25NO. The lowest BCUT2D eigenvalue weighted by molar-refractivity contribution is 0.0829. The van der Waals surface area contributed by atoms with E-state index in [1.54, 1.807) is 0 Å². The largest absolute Gasteiger partial charge is 0.361 e. The van der Waals surface area contributed by atoms with Crippen LogP contribution >= 0.6 is 0 Å². The van der Waals surface area contributed by atoms with E-state index in [-0.39, 0.29) is 0 Å². The lowest BCUT2D eigenvalue weighted by atomic mass is 9.95. The fourth-order valence-electron chi connectivity index (χ4n) is 2.95. The van der Waals surface area contributed by atoms with Crippen LogP contribution in [0.15, 0.2) is 0 Å². The van der Waals surface area contributed by atoms with Crippen LogP contribution in [0.3, 0.4) is 0 Å². The molecule has 88 valence electrons. The molecule has 2 nitrogen and oxygen atoms in total. The SMILES string of the molecule is CCCCCCC1OCN2CCCCC12. The van der Waals surface area contributed by atoms with Crippen molar-refractivity contribution in [3.05, 3.63) is 0 Å². The maximum absolute atomic E-state index is 5.91. The predicted molar refractivity (Wildman–Crippen MR) is 62.8 cm³/mol. The summed E-state index contributed by atoms with van der Waals surface area (Å²) in [6.07, 6.45) is 11.5. The van der Waals surface area contributed by atoms with Gasteiger partial charge in [-0.15, -0.1) is 0 Å². The summed E-state index contributed by atoms with van der Waals surface area (Å²) in [6, 6.07) is 0.764. The molecule has 0 N–H and O–H groups in total. The predicted octanol–water partition coefficient (Wildman–Crippen LogP) is 3.17. The van der Waals surface area contributed by atoms with E-state index in [0.29, 0.717) is 6.10 Å². The first-order valence-electron chi connectivity index (χ1n) is 6.77. The van der Waals surface area contributed by atoms with E-state index in [2.05, 4.69) is 11.8 Å². The summed E-state index contributed by atoms with van der Waals surface area (Å²) < 4.78 is 5.91. The molecule has 0 aromatic carbocycles. The van der Waals surface area contributed by atoms with Gasteiger partial charge in [-0.2, -0.15) is 0 Å². The Morgan fingerprint density at radius 1 is 1.20 bits per heavy atom. The highest BCUT2D eigenvalue weighted by atomic mass is 16.5. The lowest BCUT2D eigenvalue weighted by Crippen LogP contribution is -2.38. The molecule has 0 spiro atoms. The van der Waals surface area contributed by atoms with Gasteiger partial charge in [-0.1, -0.05) is 39.0 Å². The Hall–Kier alpha value is -0.0800. The quantitative estimate of drug-likeness (QED) is 0.648. The van der Waals surface area contributed by atoms with Crippen molar-refractivity contribution in [1.29, 1.82) is 0 Å². The standard InChI is InChI=1S/C13H25NO/c1-2-3-4-5-9-13-12-8-6-7-10-14(12)11-15-13/h12-13H,2-11H2,1H3. The Balaban J connectivity index is 1.69. The zero-order valence-electron chi connectivity index (χ0n) is 10.1. The topological polar surface area (TPSA) is 12.5 Å². The summed E-state index contributed by atoms with van der Waals surface area (Å²) in [5.74, 6) is 0. The minimum atomic E-state index is 0.558. The summed E-state index contributed by atoms with van der Waals surface area (Å²) in [7, 11) is 0. The van der Waals surface area contributed by atoms with Gasteiger partial charge in [-0.25, -0.2) is 0 Å². The van der Waals surface area contributed by atoms with Gasteiger partial charge >= 0.3 is 0 Å². The fourth-order valence-corrected chi connectivity index (χ4v) is 2.95. The Morgan fingerprint density at radius 3 is 3.00 bits per heavy atom. The highest BCUT2D eigenvalue weighted by molar-refractivity contribution is 4.86. The number of piperidine rings is 1. The van der Waals surface area contributed by atoms with Crippen LogP contribution in [-0.2, 0) is 4.74 Å². The Kier molecular flexibility index (Phi) is 4.45. The molecule has 2 heteroatoms. The van der Waals surface area contributed by atoms with Gasteiger partial charge in [0.05, 0.1) is 12.8 Å². The van der Waals surface area contributed by atoms with E-state index in [4.69, 9.17) is 4.74 Å². The van der Waals surface area contributed by atoms with Gasteiger partial charge in [0.15, 0.2) is 0 Å². The van der Waals surface area contributed by atoms with Gasteiger partial charge in [0, 0.05) is 12.6 Å². The van der Waals surface area contributed by atoms with Crippen molar-refractivity contribution in [1.82, 2.24) is 4.90 Å². The molecule has 2 rings (SSSR count). The van der Waals surface area contributed by atoms with Crippen molar-refractivity contribution in [2.75, 3.05) is 13.3 Å². The summed E-state index contributed by atoms with van der Waals surface area (Å²) >= 11 is 0. The molecule has 0 aromatic heterocycles. The number of unbranched alkanes of at least 4 members (excludes halogenated alkanes) is 3. The summed E-state index contributed by atoms with van der Waals surface area (Å²) in [6.45, 7) is 4.45. The molecule has 2 fully saturated rings. The van der Waals surface area contributed by atoms with E-state index in [1.165, 1.54) is 57.9 Å². The third-order valence-corrected chi connectivity index (χ3v) is 3.89. The van der Waals surface area contributed by atoms with Crippen LogP contribution in [0.25, 0.3) is 0 Å². The summed E-state index contributed by atoms with van der Waals surface area (Å²) in [5, 5.41) is 0. The molecule has 2 unspecified atom stereocenters. The Morgan fingerprint density at radius 2 is 2.13 bits per heavy atom. The second-order valence-electron chi connectivity index (χ2n) is 5.06. The second kappa shape index (κ2) is 5.86. The molecule has 15 heavy (non-hydrogen) atoms. The number of nitrogens with zero attached hydrogens (tertiary/aromatic N) is 1. The van der Waals surface area contributed by atoms with Gasteiger partial charge < -0.3 is 4.74 Å². The van der Waals surface area contributed by atoms with Crippen molar-refractivity contribution in [3.63, 3.8) is 0 Å². The van der Waals surface area contributed by atoms with Gasteiger partial charge in [0.25, 0.3) is 0 Å². The van der Waals surface area contributed by atoms with E-state index in [0.717, 1.165) is 12.8 Å². The molecule has 0 saturated carbocycles. The number of rotatable bonds is 5. The molecule has 0 amide bonds. The van der Waals surface area contributed by atoms with E-state index < -0.39 is 0 Å². The first-order valence-corrected chi connectivity index (χ1v) is 6.77. The highest BCUT2D eigenvalue weighted by Gasteiger charge is 2.35. The smallest absolute Gasteiger partial charge is 0.0998 e. The van der Waals surface area contributed by atoms with Crippen LogP contribution in [-0.4, -0.2) is 30.3 Å². The van der Waals surface area contributed by atoms with Crippen molar-refractivity contribution in [2.24, 2.45) is 0 Å². The average molecular weight is 211 g/mol. The molecule has 0 bridgehead atoms. The number of hydrogen-bond acceptors (Lipinski definition) is 2. The zero-order chi connectivity index (χ0) is 10.5. The summed E-state index contributed by atoms with van der Waals surface area (Å²) in [4.78, 5) is 2.55. The monoisotopic (exact) mass is 211 g/mol. The molecule has 0 aliphatic carbocycles. The van der Waals surface area contributed by atoms with Crippen molar-refractivity contribution in [2.45, 2.75) is 70.4 Å². The third kappa shape index (κ3) is 2.94. The molecule has 2 aliphatic heterocycles. The van der Waals surface area contributed by atoms with Crippen LogP contribution in [0, 0.1) is 0 Å². The first kappa shape index (κ1) is 11.4. The van der Waals surface area contributed by atoms with E-state index >= 15 is 0 Å². The normalized spacial score (nSPS) is 31.8. The Bertz CT molecular complexity index is 183. The van der Waals surface area contributed by atoms with Gasteiger partial charge in [0.1, 0.15) is 0 Å². The Labute approximate surface area is 94.0 Å². The maximum atomic E-state index is 5.91. The van der Waals surface area contributed by atoms with Crippen molar-refractivity contribution < 1.29 is 4.74 Å². The molecule has 2 saturated heterocycles. The van der Waals surface area contributed by atoms with Gasteiger partial charge in [0.2, 0.25) is 0 Å². The average Bonchev–Trinajstić information content (AvgIpc) is 2.68. The number of fused-ring (bicyclic) bond motifs is 1. The summed E-state index contributed by atoms with van der Waals surface area (Å²) in [5.41, 5.74) is 0. The minimum Gasteiger partial charge on any atom is -0.361 e. The van der Waals surface area contributed by atoms with Crippen molar-refractivity contribution >= 4 is 0 Å². The van der Waals surface area contributed by atoms with E-state index in [9.17, 15) is 0 Å². The lowest BCUT2D eigenvalue weighted by Gasteiger charge is -2.30. The fraction of sp³-hybridized carbons (Fsp3) is 1.00. The molecular weight excluding hydrogens is 186 g/mol.